The maximum atomic E-state index is 3.64. The molecule has 0 fully saturated rings. The van der Waals surface area contributed by atoms with Gasteiger partial charge in [0, 0.05) is 0 Å². The Hall–Kier alpha value is -2.09. The van der Waals surface area contributed by atoms with E-state index in [0.717, 1.165) is 13.0 Å². The van der Waals surface area contributed by atoms with Gasteiger partial charge in [-0.25, -0.2) is 9.55 Å². The van der Waals surface area contributed by atoms with Crippen LogP contribution in [-0.2, 0) is 13.0 Å². The first kappa shape index (κ1) is 17.7. The van der Waals surface area contributed by atoms with Gasteiger partial charge in [0.05, 0.1) is 13.0 Å². The quantitative estimate of drug-likeness (QED) is 0.357. The second-order valence-electron chi connectivity index (χ2n) is 7.02. The molecule has 132 valence electrons. The van der Waals surface area contributed by atoms with E-state index in [1.807, 2.05) is 0 Å². The van der Waals surface area contributed by atoms with Gasteiger partial charge in [-0.05, 0) is 30.5 Å². The van der Waals surface area contributed by atoms with Crippen LogP contribution in [0, 0.1) is 0 Å². The van der Waals surface area contributed by atoms with Gasteiger partial charge >= 0.3 is 0 Å². The number of H-pyrrole nitrogens is 1. The summed E-state index contributed by atoms with van der Waals surface area (Å²) in [5.74, 6) is 1.32. The lowest BCUT2D eigenvalue weighted by molar-refractivity contribution is -0.678. The molecule has 0 spiro atoms. The monoisotopic (exact) mass is 335 g/mol. The van der Waals surface area contributed by atoms with Gasteiger partial charge in [-0.3, -0.25) is 0 Å². The van der Waals surface area contributed by atoms with E-state index in [4.69, 9.17) is 0 Å². The molecule has 1 aromatic heterocycles. The Morgan fingerprint density at radius 1 is 0.760 bits per heavy atom. The van der Waals surface area contributed by atoms with Gasteiger partial charge in [-0.15, -0.1) is 0 Å². The third-order valence-electron chi connectivity index (χ3n) is 5.00. The lowest BCUT2D eigenvalue weighted by Gasteiger charge is -2.04. The van der Waals surface area contributed by atoms with Crippen molar-refractivity contribution in [3.05, 3.63) is 66.0 Å². The van der Waals surface area contributed by atoms with Gasteiger partial charge < -0.3 is 0 Å². The van der Waals surface area contributed by atoms with Crippen molar-refractivity contribution in [3.63, 3.8) is 0 Å². The number of aryl methyl sites for hydroxylation is 1. The van der Waals surface area contributed by atoms with Crippen LogP contribution in [0.3, 0.4) is 0 Å². The number of aromatic nitrogens is 2. The van der Waals surface area contributed by atoms with Crippen LogP contribution < -0.4 is 4.57 Å². The molecular weight excluding hydrogens is 304 g/mol. The van der Waals surface area contributed by atoms with Crippen molar-refractivity contribution < 1.29 is 4.57 Å². The van der Waals surface area contributed by atoms with Crippen molar-refractivity contribution >= 4 is 11.0 Å². The largest absolute Gasteiger partial charge is 0.259 e. The van der Waals surface area contributed by atoms with Gasteiger partial charge in [0.2, 0.25) is 0 Å². The number of para-hydroxylation sites is 2. The zero-order chi connectivity index (χ0) is 17.3. The Labute approximate surface area is 151 Å². The minimum Gasteiger partial charge on any atom is -0.240 e. The number of fused-ring (bicyclic) bond motifs is 1. The zero-order valence-electron chi connectivity index (χ0n) is 15.5. The van der Waals surface area contributed by atoms with E-state index < -0.39 is 0 Å². The summed E-state index contributed by atoms with van der Waals surface area (Å²) in [6.45, 7) is 3.39. The molecule has 0 atom stereocenters. The summed E-state index contributed by atoms with van der Waals surface area (Å²) in [7, 11) is 0. The fraction of sp³-hybridized carbons (Fsp3) is 0.435. The molecule has 0 aliphatic carbocycles. The van der Waals surface area contributed by atoms with E-state index in [1.54, 1.807) is 0 Å². The first-order chi connectivity index (χ1) is 12.4. The molecule has 2 heteroatoms. The minimum absolute atomic E-state index is 0.964. The highest BCUT2D eigenvalue weighted by Crippen LogP contribution is 2.14. The van der Waals surface area contributed by atoms with Crippen LogP contribution in [0.4, 0.5) is 0 Å². The molecule has 0 saturated carbocycles. The van der Waals surface area contributed by atoms with E-state index in [2.05, 4.69) is 71.1 Å². The average molecular weight is 336 g/mol. The molecule has 3 rings (SSSR count). The third-order valence-corrected chi connectivity index (χ3v) is 5.00. The van der Waals surface area contributed by atoms with E-state index in [0.29, 0.717) is 0 Å². The molecule has 25 heavy (non-hydrogen) atoms. The molecule has 0 amide bonds. The van der Waals surface area contributed by atoms with Crippen LogP contribution in [-0.4, -0.2) is 4.98 Å². The Morgan fingerprint density at radius 3 is 2.24 bits per heavy atom. The second-order valence-corrected chi connectivity index (χ2v) is 7.02. The zero-order valence-corrected chi connectivity index (χ0v) is 15.5. The molecule has 2 aromatic carbocycles. The van der Waals surface area contributed by atoms with E-state index in [1.165, 1.54) is 67.4 Å². The van der Waals surface area contributed by atoms with Gasteiger partial charge in [0.15, 0.2) is 11.0 Å². The Kier molecular flexibility index (Phi) is 6.67. The number of unbranched alkanes of at least 4 members (excludes halogenated alkanes) is 6. The van der Waals surface area contributed by atoms with Crippen LogP contribution >= 0.6 is 0 Å². The second kappa shape index (κ2) is 9.41. The van der Waals surface area contributed by atoms with Gasteiger partial charge in [-0.2, -0.15) is 0 Å². The number of rotatable bonds is 10. The highest BCUT2D eigenvalue weighted by molar-refractivity contribution is 5.71. The maximum Gasteiger partial charge on any atom is 0.259 e. The number of hydrogen-bond donors (Lipinski definition) is 1. The predicted octanol–water partition coefficient (Wildman–Crippen LogP) is 5.80. The first-order valence-corrected chi connectivity index (χ1v) is 9.92. The van der Waals surface area contributed by atoms with E-state index in [-0.39, 0.29) is 0 Å². The smallest absolute Gasteiger partial charge is 0.240 e. The Morgan fingerprint density at radius 2 is 1.44 bits per heavy atom. The normalized spacial score (nSPS) is 11.2. The molecule has 0 saturated heterocycles. The summed E-state index contributed by atoms with van der Waals surface area (Å²) in [5.41, 5.74) is 3.94. The predicted molar refractivity (Wildman–Crippen MR) is 106 cm³/mol. The lowest BCUT2D eigenvalue weighted by atomic mass is 10.1. The molecule has 0 radical (unpaired) electrons. The number of benzene rings is 2. The van der Waals surface area contributed by atoms with Crippen molar-refractivity contribution in [2.24, 2.45) is 0 Å². The topological polar surface area (TPSA) is 19.7 Å². The van der Waals surface area contributed by atoms with Gasteiger partial charge in [0.25, 0.3) is 5.82 Å². The summed E-state index contributed by atoms with van der Waals surface area (Å²) in [5, 5.41) is 0. The molecule has 3 aromatic rings. The molecule has 1 heterocycles. The Balaban J connectivity index is 1.66. The molecular formula is C23H31N2+. The average Bonchev–Trinajstić information content (AvgIpc) is 2.99. The first-order valence-electron chi connectivity index (χ1n) is 9.92. The lowest BCUT2D eigenvalue weighted by Crippen LogP contribution is -2.37. The number of aromatic amines is 1. The summed E-state index contributed by atoms with van der Waals surface area (Å²) in [6, 6.07) is 19.4. The highest BCUT2D eigenvalue weighted by atomic mass is 15.1. The molecule has 0 aliphatic rings. The molecule has 0 unspecified atom stereocenters. The number of nitrogens with zero attached hydrogens (tertiary/aromatic N) is 1. The van der Waals surface area contributed by atoms with Crippen LogP contribution in [0.15, 0.2) is 54.6 Å². The molecule has 1 N–H and O–H groups in total. The molecule has 0 bridgehead atoms. The molecule has 2 nitrogen and oxygen atoms in total. The standard InChI is InChI=1S/C23H30N2/c1-2-3-4-5-6-7-13-18-25-22-17-12-11-16-21(22)24-23(25)19-20-14-9-8-10-15-20/h8-12,14-17H,2-7,13,18-19H2,1H3/p+1. The van der Waals surface area contributed by atoms with Crippen molar-refractivity contribution in [1.82, 2.24) is 4.98 Å². The number of imidazole rings is 1. The summed E-state index contributed by atoms with van der Waals surface area (Å²) >= 11 is 0. The van der Waals surface area contributed by atoms with Gasteiger partial charge in [0.1, 0.15) is 0 Å². The highest BCUT2D eigenvalue weighted by Gasteiger charge is 2.17. The van der Waals surface area contributed by atoms with Crippen molar-refractivity contribution in [1.29, 1.82) is 0 Å². The van der Waals surface area contributed by atoms with E-state index in [9.17, 15) is 0 Å². The van der Waals surface area contributed by atoms with Crippen molar-refractivity contribution in [3.8, 4) is 0 Å². The van der Waals surface area contributed by atoms with Crippen LogP contribution in [0.1, 0.15) is 63.3 Å². The van der Waals surface area contributed by atoms with Crippen molar-refractivity contribution in [2.45, 2.75) is 64.8 Å². The fourth-order valence-electron chi connectivity index (χ4n) is 3.59. The van der Waals surface area contributed by atoms with Crippen molar-refractivity contribution in [2.75, 3.05) is 0 Å². The summed E-state index contributed by atoms with van der Waals surface area (Å²) < 4.78 is 2.49. The maximum absolute atomic E-state index is 3.64. The number of hydrogen-bond acceptors (Lipinski definition) is 0. The molecule has 0 aliphatic heterocycles. The summed E-state index contributed by atoms with van der Waals surface area (Å²) in [4.78, 5) is 3.64. The SMILES string of the molecule is CCCCCCCCC[n+]1c(Cc2ccccc2)[nH]c2ccccc21. The summed E-state index contributed by atoms with van der Waals surface area (Å²) in [6.07, 6.45) is 10.4. The van der Waals surface area contributed by atoms with Crippen LogP contribution in [0.25, 0.3) is 11.0 Å². The third kappa shape index (κ3) is 4.94. The Bertz CT molecular complexity index is 758. The fourth-order valence-corrected chi connectivity index (χ4v) is 3.59. The van der Waals surface area contributed by atoms with Crippen LogP contribution in [0.5, 0.6) is 0 Å². The van der Waals surface area contributed by atoms with Gasteiger partial charge in [-0.1, -0.05) is 81.5 Å². The number of nitrogens with one attached hydrogen (secondary N) is 1. The van der Waals surface area contributed by atoms with E-state index >= 15 is 0 Å². The minimum atomic E-state index is 0.964. The van der Waals surface area contributed by atoms with Crippen LogP contribution in [0.2, 0.25) is 0 Å².